The van der Waals surface area contributed by atoms with Crippen LogP contribution in [0.4, 0.5) is 10.5 Å². The average molecular weight is 317 g/mol. The normalized spacial score (nSPS) is 22.0. The molecule has 2 aliphatic heterocycles. The van der Waals surface area contributed by atoms with Crippen LogP contribution in [0.15, 0.2) is 30.3 Å². The van der Waals surface area contributed by atoms with Gasteiger partial charge in [-0.3, -0.25) is 19.4 Å². The highest BCUT2D eigenvalue weighted by Crippen LogP contribution is 2.25. The van der Waals surface area contributed by atoms with Gasteiger partial charge in [-0.05, 0) is 19.1 Å². The molecule has 7 nitrogen and oxygen atoms in total. The van der Waals surface area contributed by atoms with Crippen molar-refractivity contribution < 1.29 is 19.1 Å². The van der Waals surface area contributed by atoms with Crippen LogP contribution in [0.5, 0.6) is 0 Å². The Hall–Kier alpha value is -2.41. The molecule has 2 fully saturated rings. The van der Waals surface area contributed by atoms with Crippen molar-refractivity contribution in [2.45, 2.75) is 13.0 Å². The number of benzene rings is 1. The standard InChI is InChI=1S/C16H19N3O4/c1-12-15(21)18(11-14(20)17-7-9-23-10-8-17)16(22)19(12)13-5-3-2-4-6-13/h2-6,12H,7-11H2,1H3. The molecule has 0 bridgehead atoms. The Labute approximate surface area is 134 Å². The van der Waals surface area contributed by atoms with Crippen molar-refractivity contribution in [3.8, 4) is 0 Å². The van der Waals surface area contributed by atoms with Gasteiger partial charge in [-0.1, -0.05) is 18.2 Å². The Morgan fingerprint density at radius 2 is 1.83 bits per heavy atom. The fourth-order valence-corrected chi connectivity index (χ4v) is 2.84. The van der Waals surface area contributed by atoms with E-state index in [4.69, 9.17) is 4.74 Å². The number of rotatable bonds is 3. The van der Waals surface area contributed by atoms with Gasteiger partial charge in [0.05, 0.1) is 13.2 Å². The van der Waals surface area contributed by atoms with Gasteiger partial charge in [0.15, 0.2) is 0 Å². The van der Waals surface area contributed by atoms with Crippen LogP contribution in [0.1, 0.15) is 6.92 Å². The maximum atomic E-state index is 12.6. The minimum absolute atomic E-state index is 0.217. The van der Waals surface area contributed by atoms with Crippen molar-refractivity contribution in [3.63, 3.8) is 0 Å². The van der Waals surface area contributed by atoms with Crippen LogP contribution in [0.2, 0.25) is 0 Å². The number of nitrogens with zero attached hydrogens (tertiary/aromatic N) is 3. The molecule has 1 unspecified atom stereocenters. The monoisotopic (exact) mass is 317 g/mol. The summed E-state index contributed by atoms with van der Waals surface area (Å²) in [6, 6.07) is 7.95. The van der Waals surface area contributed by atoms with Crippen LogP contribution in [-0.2, 0) is 14.3 Å². The van der Waals surface area contributed by atoms with E-state index >= 15 is 0 Å². The van der Waals surface area contributed by atoms with Crippen molar-refractivity contribution in [2.75, 3.05) is 37.7 Å². The summed E-state index contributed by atoms with van der Waals surface area (Å²) in [6.45, 7) is 3.41. The molecule has 2 saturated heterocycles. The van der Waals surface area contributed by atoms with E-state index < -0.39 is 12.1 Å². The van der Waals surface area contributed by atoms with Crippen LogP contribution in [0, 0.1) is 0 Å². The van der Waals surface area contributed by atoms with E-state index in [0.29, 0.717) is 32.0 Å². The minimum atomic E-state index is -0.609. The minimum Gasteiger partial charge on any atom is -0.378 e. The summed E-state index contributed by atoms with van der Waals surface area (Å²) >= 11 is 0. The number of morpholine rings is 1. The Kier molecular flexibility index (Phi) is 4.29. The SMILES string of the molecule is CC1C(=O)N(CC(=O)N2CCOCC2)C(=O)N1c1ccccc1. The zero-order valence-electron chi connectivity index (χ0n) is 13.0. The lowest BCUT2D eigenvalue weighted by Gasteiger charge is -2.28. The van der Waals surface area contributed by atoms with Gasteiger partial charge in [0, 0.05) is 18.8 Å². The third-order valence-corrected chi connectivity index (χ3v) is 4.14. The molecule has 1 aromatic carbocycles. The number of carbonyl (C=O) groups is 3. The fraction of sp³-hybridized carbons (Fsp3) is 0.438. The predicted octanol–water partition coefficient (Wildman–Crippen LogP) is 0.702. The van der Waals surface area contributed by atoms with Crippen molar-refractivity contribution in [2.24, 2.45) is 0 Å². The molecule has 7 heteroatoms. The number of urea groups is 1. The summed E-state index contributed by atoms with van der Waals surface area (Å²) in [5, 5.41) is 0. The molecule has 0 saturated carbocycles. The number of para-hydroxylation sites is 1. The van der Waals surface area contributed by atoms with E-state index in [1.54, 1.807) is 36.1 Å². The second-order valence-electron chi connectivity index (χ2n) is 5.58. The first-order valence-corrected chi connectivity index (χ1v) is 7.64. The lowest BCUT2D eigenvalue weighted by Crippen LogP contribution is -2.47. The number of anilines is 1. The molecular weight excluding hydrogens is 298 g/mol. The molecule has 23 heavy (non-hydrogen) atoms. The first-order chi connectivity index (χ1) is 11.1. The molecular formula is C16H19N3O4. The quantitative estimate of drug-likeness (QED) is 0.770. The fourth-order valence-electron chi connectivity index (χ4n) is 2.84. The summed E-state index contributed by atoms with van der Waals surface area (Å²) in [5.74, 6) is -0.572. The van der Waals surface area contributed by atoms with Crippen LogP contribution in [0.3, 0.4) is 0 Å². The zero-order valence-corrected chi connectivity index (χ0v) is 13.0. The average Bonchev–Trinajstić information content (AvgIpc) is 2.80. The van der Waals surface area contributed by atoms with Crippen LogP contribution in [0.25, 0.3) is 0 Å². The zero-order chi connectivity index (χ0) is 16.4. The molecule has 122 valence electrons. The second-order valence-corrected chi connectivity index (χ2v) is 5.58. The first-order valence-electron chi connectivity index (χ1n) is 7.64. The van der Waals surface area contributed by atoms with Gasteiger partial charge in [-0.2, -0.15) is 0 Å². The van der Waals surface area contributed by atoms with Gasteiger partial charge < -0.3 is 9.64 Å². The van der Waals surface area contributed by atoms with E-state index in [9.17, 15) is 14.4 Å². The van der Waals surface area contributed by atoms with Crippen molar-refractivity contribution >= 4 is 23.5 Å². The maximum Gasteiger partial charge on any atom is 0.332 e. The molecule has 4 amide bonds. The van der Waals surface area contributed by atoms with Gasteiger partial charge in [-0.25, -0.2) is 4.79 Å². The molecule has 3 rings (SSSR count). The summed E-state index contributed by atoms with van der Waals surface area (Å²) in [5.41, 5.74) is 0.652. The topological polar surface area (TPSA) is 70.2 Å². The molecule has 0 radical (unpaired) electrons. The number of ether oxygens (including phenoxy) is 1. The maximum absolute atomic E-state index is 12.6. The van der Waals surface area contributed by atoms with Crippen molar-refractivity contribution in [1.82, 2.24) is 9.80 Å². The highest BCUT2D eigenvalue weighted by Gasteiger charge is 2.44. The van der Waals surface area contributed by atoms with E-state index in [0.717, 1.165) is 4.90 Å². The summed E-state index contributed by atoms with van der Waals surface area (Å²) in [7, 11) is 0. The molecule has 0 spiro atoms. The van der Waals surface area contributed by atoms with E-state index in [1.165, 1.54) is 4.90 Å². The van der Waals surface area contributed by atoms with E-state index in [2.05, 4.69) is 0 Å². The van der Waals surface area contributed by atoms with Crippen LogP contribution in [-0.4, -0.2) is 66.5 Å². The van der Waals surface area contributed by atoms with Gasteiger partial charge in [0.25, 0.3) is 5.91 Å². The molecule has 0 aromatic heterocycles. The Morgan fingerprint density at radius 3 is 2.48 bits per heavy atom. The number of hydrogen-bond donors (Lipinski definition) is 0. The lowest BCUT2D eigenvalue weighted by molar-refractivity contribution is -0.139. The first kappa shape index (κ1) is 15.5. The molecule has 0 N–H and O–H groups in total. The number of amides is 4. The number of imide groups is 1. The lowest BCUT2D eigenvalue weighted by atomic mass is 10.2. The second kappa shape index (κ2) is 6.37. The largest absolute Gasteiger partial charge is 0.378 e. The summed E-state index contributed by atoms with van der Waals surface area (Å²) in [6.07, 6.45) is 0. The Balaban J connectivity index is 1.74. The number of hydrogen-bond acceptors (Lipinski definition) is 4. The number of carbonyl (C=O) groups excluding carboxylic acids is 3. The highest BCUT2D eigenvalue weighted by atomic mass is 16.5. The molecule has 1 atom stereocenters. The smallest absolute Gasteiger partial charge is 0.332 e. The summed E-state index contributed by atoms with van der Waals surface area (Å²) < 4.78 is 5.20. The van der Waals surface area contributed by atoms with E-state index in [1.807, 2.05) is 6.07 Å². The molecule has 0 aliphatic carbocycles. The van der Waals surface area contributed by atoms with E-state index in [-0.39, 0.29) is 18.4 Å². The van der Waals surface area contributed by atoms with Gasteiger partial charge in [0.2, 0.25) is 5.91 Å². The molecule has 2 aliphatic rings. The third-order valence-electron chi connectivity index (χ3n) is 4.14. The molecule has 1 aromatic rings. The predicted molar refractivity (Wildman–Crippen MR) is 82.9 cm³/mol. The molecule has 2 heterocycles. The Morgan fingerprint density at radius 1 is 1.17 bits per heavy atom. The van der Waals surface area contributed by atoms with Gasteiger partial charge in [-0.15, -0.1) is 0 Å². The van der Waals surface area contributed by atoms with Crippen molar-refractivity contribution in [1.29, 1.82) is 0 Å². The third kappa shape index (κ3) is 2.92. The van der Waals surface area contributed by atoms with Crippen molar-refractivity contribution in [3.05, 3.63) is 30.3 Å². The van der Waals surface area contributed by atoms with Crippen LogP contribution >= 0.6 is 0 Å². The summed E-state index contributed by atoms with van der Waals surface area (Å²) in [4.78, 5) is 41.4. The van der Waals surface area contributed by atoms with Gasteiger partial charge in [0.1, 0.15) is 12.6 Å². The van der Waals surface area contributed by atoms with Crippen LogP contribution < -0.4 is 4.90 Å². The van der Waals surface area contributed by atoms with Gasteiger partial charge >= 0.3 is 6.03 Å². The Bertz CT molecular complexity index is 613. The highest BCUT2D eigenvalue weighted by molar-refractivity contribution is 6.15.